The van der Waals surface area contributed by atoms with Gasteiger partial charge in [0.2, 0.25) is 15.0 Å². The van der Waals surface area contributed by atoms with Gasteiger partial charge in [-0.2, -0.15) is 0 Å². The number of hydrogen-bond donors (Lipinski definition) is 0. The molecule has 18 heavy (non-hydrogen) atoms. The molecule has 1 fully saturated rings. The van der Waals surface area contributed by atoms with Gasteiger partial charge in [-0.15, -0.1) is 0 Å². The highest BCUT2D eigenvalue weighted by molar-refractivity contribution is 7.90. The van der Waals surface area contributed by atoms with Crippen LogP contribution in [0.1, 0.15) is 13.3 Å². The summed E-state index contributed by atoms with van der Waals surface area (Å²) in [6.07, 6.45) is 4.81. The van der Waals surface area contributed by atoms with E-state index in [-0.39, 0.29) is 10.6 Å². The quantitative estimate of drug-likeness (QED) is 0.734. The molecule has 100 valence electrons. The van der Waals surface area contributed by atoms with Gasteiger partial charge in [-0.05, 0) is 6.42 Å². The second-order valence-corrected chi connectivity index (χ2v) is 6.52. The molecule has 2 rings (SSSR count). The Morgan fingerprint density at radius 3 is 2.39 bits per heavy atom. The Bertz CT molecular complexity index is 503. The van der Waals surface area contributed by atoms with Gasteiger partial charge in [-0.25, -0.2) is 18.4 Å². The fourth-order valence-electron chi connectivity index (χ4n) is 1.59. The van der Waals surface area contributed by atoms with E-state index in [1.54, 1.807) is 0 Å². The van der Waals surface area contributed by atoms with Crippen molar-refractivity contribution in [3.05, 3.63) is 12.4 Å². The molecule has 0 aliphatic carbocycles. The van der Waals surface area contributed by atoms with Gasteiger partial charge < -0.3 is 9.47 Å². The molecule has 0 N–H and O–H groups in total. The van der Waals surface area contributed by atoms with Crippen LogP contribution in [0.15, 0.2) is 17.6 Å². The largest absolute Gasteiger partial charge is 0.490 e. The normalized spacial score (nSPS) is 18.1. The third-order valence-electron chi connectivity index (χ3n) is 3.05. The monoisotopic (exact) mass is 272 g/mol. The third-order valence-corrected chi connectivity index (χ3v) is 3.92. The van der Waals surface area contributed by atoms with E-state index < -0.39 is 9.84 Å². The minimum Gasteiger partial charge on any atom is -0.490 e. The van der Waals surface area contributed by atoms with Crippen molar-refractivity contribution >= 4 is 9.84 Å². The van der Waals surface area contributed by atoms with Crippen LogP contribution in [0.3, 0.4) is 0 Å². The first-order valence-corrected chi connectivity index (χ1v) is 7.57. The van der Waals surface area contributed by atoms with Crippen molar-refractivity contribution in [3.8, 4) is 5.75 Å². The molecule has 0 spiro atoms. The maximum atomic E-state index is 11.2. The Morgan fingerprint density at radius 1 is 1.39 bits per heavy atom. The van der Waals surface area contributed by atoms with E-state index in [2.05, 4.69) is 16.9 Å². The Hall–Kier alpha value is -1.21. The highest BCUT2D eigenvalue weighted by Gasteiger charge is 2.37. The molecule has 2 heterocycles. The molecule has 0 radical (unpaired) electrons. The molecule has 0 aromatic carbocycles. The molecule has 0 amide bonds. The van der Waals surface area contributed by atoms with Crippen molar-refractivity contribution in [2.24, 2.45) is 5.41 Å². The van der Waals surface area contributed by atoms with E-state index in [0.717, 1.165) is 12.7 Å². The number of nitrogens with zero attached hydrogens (tertiary/aromatic N) is 2. The van der Waals surface area contributed by atoms with Gasteiger partial charge in [0.15, 0.2) is 5.75 Å². The molecule has 1 aromatic rings. The maximum Gasteiger partial charge on any atom is 0.246 e. The molecule has 1 aliphatic heterocycles. The SMILES string of the molecule is CCC1(COc2cnc(S(C)(=O)=O)nc2)COC1. The summed E-state index contributed by atoms with van der Waals surface area (Å²) in [7, 11) is -3.36. The van der Waals surface area contributed by atoms with Gasteiger partial charge in [-0.1, -0.05) is 6.92 Å². The number of ether oxygens (including phenoxy) is 2. The van der Waals surface area contributed by atoms with Gasteiger partial charge in [-0.3, -0.25) is 0 Å². The zero-order valence-electron chi connectivity index (χ0n) is 10.4. The second-order valence-electron chi connectivity index (χ2n) is 4.61. The van der Waals surface area contributed by atoms with Gasteiger partial charge >= 0.3 is 0 Å². The lowest BCUT2D eigenvalue weighted by Crippen LogP contribution is -2.46. The summed E-state index contributed by atoms with van der Waals surface area (Å²) in [4.78, 5) is 7.53. The third kappa shape index (κ3) is 2.78. The molecule has 6 nitrogen and oxygen atoms in total. The average molecular weight is 272 g/mol. The highest BCUT2D eigenvalue weighted by atomic mass is 32.2. The zero-order chi connectivity index (χ0) is 13.2. The van der Waals surface area contributed by atoms with E-state index in [1.165, 1.54) is 12.4 Å². The summed E-state index contributed by atoms with van der Waals surface area (Å²) >= 11 is 0. The lowest BCUT2D eigenvalue weighted by Gasteiger charge is -2.40. The number of aromatic nitrogens is 2. The van der Waals surface area contributed by atoms with E-state index in [9.17, 15) is 8.42 Å². The number of sulfone groups is 1. The fourth-order valence-corrected chi connectivity index (χ4v) is 2.08. The molecular weight excluding hydrogens is 256 g/mol. The van der Waals surface area contributed by atoms with Gasteiger partial charge in [0.1, 0.15) is 0 Å². The lowest BCUT2D eigenvalue weighted by molar-refractivity contribution is -0.133. The molecule has 1 saturated heterocycles. The van der Waals surface area contributed by atoms with Crippen LogP contribution < -0.4 is 4.74 Å². The Balaban J connectivity index is 1.99. The molecule has 0 atom stereocenters. The molecule has 1 aromatic heterocycles. The topological polar surface area (TPSA) is 78.4 Å². The average Bonchev–Trinajstić information content (AvgIpc) is 2.28. The molecule has 7 heteroatoms. The first-order chi connectivity index (χ1) is 8.45. The number of hydrogen-bond acceptors (Lipinski definition) is 6. The number of rotatable bonds is 5. The van der Waals surface area contributed by atoms with Crippen LogP contribution in [0, 0.1) is 5.41 Å². The smallest absolute Gasteiger partial charge is 0.246 e. The molecule has 1 aliphatic rings. The summed E-state index contributed by atoms with van der Waals surface area (Å²) in [5, 5.41) is -0.188. The summed E-state index contributed by atoms with van der Waals surface area (Å²) in [6.45, 7) is 4.03. The second kappa shape index (κ2) is 4.81. The Labute approximate surface area is 106 Å². The van der Waals surface area contributed by atoms with Gasteiger partial charge in [0.25, 0.3) is 0 Å². The molecule has 0 bridgehead atoms. The summed E-state index contributed by atoms with van der Waals surface area (Å²) < 4.78 is 33.1. The fraction of sp³-hybridized carbons (Fsp3) is 0.636. The molecular formula is C11H16N2O4S. The van der Waals surface area contributed by atoms with Crippen LogP contribution >= 0.6 is 0 Å². The minimum atomic E-state index is -3.36. The van der Waals surface area contributed by atoms with Crippen molar-refractivity contribution in [1.29, 1.82) is 0 Å². The molecule has 0 saturated carbocycles. The van der Waals surface area contributed by atoms with Crippen molar-refractivity contribution in [2.75, 3.05) is 26.1 Å². The standard InChI is InChI=1S/C11H16N2O4S/c1-3-11(6-16-7-11)8-17-9-4-12-10(13-5-9)18(2,14)15/h4-5H,3,6-8H2,1-2H3. The minimum absolute atomic E-state index is 0.0789. The van der Waals surface area contributed by atoms with Crippen molar-refractivity contribution < 1.29 is 17.9 Å². The predicted molar refractivity (Wildman–Crippen MR) is 64.2 cm³/mol. The van der Waals surface area contributed by atoms with E-state index >= 15 is 0 Å². The Kier molecular flexibility index (Phi) is 3.54. The van der Waals surface area contributed by atoms with E-state index in [4.69, 9.17) is 9.47 Å². The summed E-state index contributed by atoms with van der Waals surface area (Å²) in [5.74, 6) is 0.474. The first-order valence-electron chi connectivity index (χ1n) is 5.68. The summed E-state index contributed by atoms with van der Waals surface area (Å²) in [6, 6.07) is 0. The first kappa shape index (κ1) is 13.2. The highest BCUT2D eigenvalue weighted by Crippen LogP contribution is 2.31. The summed E-state index contributed by atoms with van der Waals surface area (Å²) in [5.41, 5.74) is 0.0789. The zero-order valence-corrected chi connectivity index (χ0v) is 11.2. The van der Waals surface area contributed by atoms with Crippen molar-refractivity contribution in [2.45, 2.75) is 18.5 Å². The van der Waals surface area contributed by atoms with E-state index in [1.807, 2.05) is 0 Å². The van der Waals surface area contributed by atoms with Crippen LogP contribution in [0.2, 0.25) is 0 Å². The molecule has 0 unspecified atom stereocenters. The predicted octanol–water partition coefficient (Wildman–Crippen LogP) is 0.685. The van der Waals surface area contributed by atoms with Crippen LogP contribution in [-0.2, 0) is 14.6 Å². The van der Waals surface area contributed by atoms with E-state index in [0.29, 0.717) is 25.6 Å². The van der Waals surface area contributed by atoms with Crippen molar-refractivity contribution in [1.82, 2.24) is 9.97 Å². The van der Waals surface area contributed by atoms with Gasteiger partial charge in [0, 0.05) is 6.26 Å². The van der Waals surface area contributed by atoms with Crippen molar-refractivity contribution in [3.63, 3.8) is 0 Å². The van der Waals surface area contributed by atoms with Crippen LogP contribution in [0.4, 0.5) is 0 Å². The van der Waals surface area contributed by atoms with Gasteiger partial charge in [0.05, 0.1) is 37.6 Å². The van der Waals surface area contributed by atoms with Crippen LogP contribution in [-0.4, -0.2) is 44.5 Å². The Morgan fingerprint density at radius 2 is 2.00 bits per heavy atom. The maximum absolute atomic E-state index is 11.2. The van der Waals surface area contributed by atoms with Crippen LogP contribution in [0.5, 0.6) is 5.75 Å². The lowest BCUT2D eigenvalue weighted by atomic mass is 9.84. The van der Waals surface area contributed by atoms with Crippen LogP contribution in [0.25, 0.3) is 0 Å².